The molecule has 3 aromatic heterocycles. The highest BCUT2D eigenvalue weighted by Crippen LogP contribution is 2.30. The molecule has 0 radical (unpaired) electrons. The monoisotopic (exact) mass is 303 g/mol. The summed E-state index contributed by atoms with van der Waals surface area (Å²) in [5.41, 5.74) is 4.96. The van der Waals surface area contributed by atoms with Crippen LogP contribution in [-0.2, 0) is 0 Å². The van der Waals surface area contributed by atoms with Crippen LogP contribution in [0.3, 0.4) is 0 Å². The molecule has 2 N–H and O–H groups in total. The van der Waals surface area contributed by atoms with Gasteiger partial charge in [-0.25, -0.2) is 4.98 Å². The summed E-state index contributed by atoms with van der Waals surface area (Å²) in [5, 5.41) is 7.94. The predicted molar refractivity (Wildman–Crippen MR) is 87.0 cm³/mol. The summed E-state index contributed by atoms with van der Waals surface area (Å²) in [6, 6.07) is 11.6. The molecule has 0 aliphatic heterocycles. The van der Waals surface area contributed by atoms with Crippen LogP contribution in [0.15, 0.2) is 42.6 Å². The van der Waals surface area contributed by atoms with E-state index >= 15 is 0 Å². The normalized spacial score (nSPS) is 11.0. The van der Waals surface area contributed by atoms with Gasteiger partial charge in [-0.1, -0.05) is 12.1 Å². The van der Waals surface area contributed by atoms with E-state index < -0.39 is 0 Å². The molecule has 3 heterocycles. The Morgan fingerprint density at radius 2 is 2.04 bits per heavy atom. The third-order valence-electron chi connectivity index (χ3n) is 3.69. The molecule has 112 valence electrons. The number of aromatic amines is 2. The minimum absolute atomic E-state index is 0.283. The largest absolute Gasteiger partial charge is 0.334 e. The molecule has 0 bridgehead atoms. The van der Waals surface area contributed by atoms with E-state index in [1.807, 2.05) is 43.3 Å². The van der Waals surface area contributed by atoms with Gasteiger partial charge in [0.15, 0.2) is 12.1 Å². The molecule has 6 heteroatoms. The first-order valence-corrected chi connectivity index (χ1v) is 7.17. The highest BCUT2D eigenvalue weighted by Gasteiger charge is 2.15. The predicted octanol–water partition coefficient (Wildman–Crippen LogP) is 3.14. The number of carbonyl (C=O) groups excluding carboxylic acids is 1. The van der Waals surface area contributed by atoms with Crippen molar-refractivity contribution in [2.24, 2.45) is 0 Å². The van der Waals surface area contributed by atoms with E-state index in [1.54, 1.807) is 6.20 Å². The van der Waals surface area contributed by atoms with Crippen molar-refractivity contribution in [3.05, 3.63) is 54.1 Å². The maximum atomic E-state index is 11.1. The first-order valence-electron chi connectivity index (χ1n) is 7.17. The van der Waals surface area contributed by atoms with Crippen molar-refractivity contribution < 1.29 is 4.79 Å². The molecule has 0 unspecified atom stereocenters. The van der Waals surface area contributed by atoms with E-state index in [9.17, 15) is 4.79 Å². The first kappa shape index (κ1) is 13.4. The second-order valence-electron chi connectivity index (χ2n) is 5.30. The Labute approximate surface area is 131 Å². The first-order chi connectivity index (χ1) is 11.2. The van der Waals surface area contributed by atoms with Gasteiger partial charge in [0.25, 0.3) is 0 Å². The number of aldehydes is 1. The molecule has 1 aromatic carbocycles. The van der Waals surface area contributed by atoms with E-state index in [2.05, 4.69) is 25.1 Å². The average Bonchev–Trinajstić information content (AvgIpc) is 3.20. The Morgan fingerprint density at radius 1 is 1.13 bits per heavy atom. The van der Waals surface area contributed by atoms with Crippen LogP contribution in [0.25, 0.3) is 33.5 Å². The molecule has 0 aliphatic carbocycles. The number of fused-ring (bicyclic) bond motifs is 1. The fraction of sp³-hybridized carbons (Fsp3) is 0.0588. The summed E-state index contributed by atoms with van der Waals surface area (Å²) in [5.74, 6) is 0.283. The summed E-state index contributed by atoms with van der Waals surface area (Å²) < 4.78 is 0. The van der Waals surface area contributed by atoms with Gasteiger partial charge < -0.3 is 4.98 Å². The number of nitrogens with one attached hydrogen (secondary N) is 2. The summed E-state index contributed by atoms with van der Waals surface area (Å²) in [6.45, 7) is 1.93. The quantitative estimate of drug-likeness (QED) is 0.569. The number of benzene rings is 1. The zero-order valence-electron chi connectivity index (χ0n) is 12.4. The lowest BCUT2D eigenvalue weighted by Gasteiger charge is -2.04. The van der Waals surface area contributed by atoms with Crippen LogP contribution >= 0.6 is 0 Å². The number of H-pyrrole nitrogens is 2. The molecule has 0 spiro atoms. The van der Waals surface area contributed by atoms with E-state index in [-0.39, 0.29) is 5.82 Å². The molecule has 0 atom stereocenters. The zero-order chi connectivity index (χ0) is 15.8. The lowest BCUT2D eigenvalue weighted by molar-refractivity contribution is 0.111. The second kappa shape index (κ2) is 5.17. The Morgan fingerprint density at radius 3 is 2.87 bits per heavy atom. The van der Waals surface area contributed by atoms with Gasteiger partial charge in [-0.2, -0.15) is 5.10 Å². The molecule has 0 amide bonds. The van der Waals surface area contributed by atoms with E-state index in [1.165, 1.54) is 0 Å². The van der Waals surface area contributed by atoms with Crippen molar-refractivity contribution in [1.29, 1.82) is 0 Å². The maximum Gasteiger partial charge on any atom is 0.185 e. The number of hydrogen-bond donors (Lipinski definition) is 2. The molecule has 0 fully saturated rings. The van der Waals surface area contributed by atoms with Crippen LogP contribution in [-0.4, -0.2) is 31.4 Å². The summed E-state index contributed by atoms with van der Waals surface area (Å²) in [7, 11) is 0. The van der Waals surface area contributed by atoms with E-state index in [0.717, 1.165) is 33.5 Å². The topological polar surface area (TPSA) is 87.3 Å². The maximum absolute atomic E-state index is 11.1. The van der Waals surface area contributed by atoms with Crippen molar-refractivity contribution in [3.8, 4) is 22.6 Å². The number of carbonyl (C=O) groups is 1. The minimum atomic E-state index is 0.283. The second-order valence-corrected chi connectivity index (χ2v) is 5.30. The fourth-order valence-electron chi connectivity index (χ4n) is 2.61. The number of imidazole rings is 1. The number of nitrogens with zero attached hydrogens (tertiary/aromatic N) is 3. The van der Waals surface area contributed by atoms with Gasteiger partial charge in [-0.15, -0.1) is 0 Å². The number of aryl methyl sites for hydroxylation is 1. The van der Waals surface area contributed by atoms with Crippen LogP contribution in [0.4, 0.5) is 0 Å². The lowest BCUT2D eigenvalue weighted by Crippen LogP contribution is -1.89. The van der Waals surface area contributed by atoms with Crippen LogP contribution < -0.4 is 0 Å². The number of hydrogen-bond acceptors (Lipinski definition) is 4. The van der Waals surface area contributed by atoms with Crippen molar-refractivity contribution in [3.63, 3.8) is 0 Å². The molecule has 4 rings (SSSR count). The van der Waals surface area contributed by atoms with E-state index in [4.69, 9.17) is 0 Å². The third-order valence-corrected chi connectivity index (χ3v) is 3.69. The van der Waals surface area contributed by atoms with Gasteiger partial charge >= 0.3 is 0 Å². The Kier molecular flexibility index (Phi) is 3.01. The average molecular weight is 303 g/mol. The van der Waals surface area contributed by atoms with Gasteiger partial charge in [0.05, 0.1) is 28.8 Å². The Balaban J connectivity index is 1.93. The molecule has 23 heavy (non-hydrogen) atoms. The number of pyridine rings is 1. The van der Waals surface area contributed by atoms with Crippen molar-refractivity contribution in [2.75, 3.05) is 0 Å². The number of aromatic nitrogens is 5. The van der Waals surface area contributed by atoms with Gasteiger partial charge in [0.1, 0.15) is 0 Å². The van der Waals surface area contributed by atoms with Crippen LogP contribution in [0, 0.1) is 6.92 Å². The zero-order valence-corrected chi connectivity index (χ0v) is 12.4. The molecule has 0 aliphatic rings. The minimum Gasteiger partial charge on any atom is -0.334 e. The van der Waals surface area contributed by atoms with Crippen LogP contribution in [0.5, 0.6) is 0 Å². The molecule has 6 nitrogen and oxygen atoms in total. The van der Waals surface area contributed by atoms with Gasteiger partial charge in [0, 0.05) is 16.6 Å². The highest BCUT2D eigenvalue weighted by atomic mass is 16.1. The standard InChI is InChI=1S/C17H13N5O/c1-10-3-2-4-14(19-10)17-16(20-15(9-23)21-17)11-5-6-13-12(7-11)8-18-22-13/h2-9H,1H3,(H,18,22)(H,20,21). The Bertz CT molecular complexity index is 1010. The van der Waals surface area contributed by atoms with Crippen molar-refractivity contribution >= 4 is 17.2 Å². The summed E-state index contributed by atoms with van der Waals surface area (Å²) in [4.78, 5) is 23.1. The van der Waals surface area contributed by atoms with Gasteiger partial charge in [-0.3, -0.25) is 14.9 Å². The molecular weight excluding hydrogens is 290 g/mol. The molecule has 4 aromatic rings. The van der Waals surface area contributed by atoms with Gasteiger partial charge in [0.2, 0.25) is 0 Å². The summed E-state index contributed by atoms with van der Waals surface area (Å²) in [6.07, 6.45) is 2.47. The van der Waals surface area contributed by atoms with Crippen molar-refractivity contribution in [2.45, 2.75) is 6.92 Å². The number of rotatable bonds is 3. The lowest BCUT2D eigenvalue weighted by atomic mass is 10.1. The molecule has 0 saturated carbocycles. The summed E-state index contributed by atoms with van der Waals surface area (Å²) >= 11 is 0. The van der Waals surface area contributed by atoms with Crippen LogP contribution in [0.2, 0.25) is 0 Å². The van der Waals surface area contributed by atoms with Crippen LogP contribution in [0.1, 0.15) is 16.3 Å². The highest BCUT2D eigenvalue weighted by molar-refractivity contribution is 5.88. The Hall–Kier alpha value is -3.28. The molecular formula is C17H13N5O. The SMILES string of the molecule is Cc1cccc(-c2[nH]c(C=O)nc2-c2ccc3[nH]ncc3c2)n1. The van der Waals surface area contributed by atoms with Gasteiger partial charge in [-0.05, 0) is 31.2 Å². The smallest absolute Gasteiger partial charge is 0.185 e. The van der Waals surface area contributed by atoms with Crippen molar-refractivity contribution in [1.82, 2.24) is 25.1 Å². The van der Waals surface area contributed by atoms with E-state index in [0.29, 0.717) is 12.0 Å². The molecule has 0 saturated heterocycles. The fourth-order valence-corrected chi connectivity index (χ4v) is 2.61. The third kappa shape index (κ3) is 2.30.